The van der Waals surface area contributed by atoms with Crippen LogP contribution in [-0.4, -0.2) is 29.3 Å². The molecule has 0 aliphatic rings. The summed E-state index contributed by atoms with van der Waals surface area (Å²) in [6, 6.07) is 6.56. The van der Waals surface area contributed by atoms with Crippen molar-refractivity contribution < 1.29 is 16.8 Å². The summed E-state index contributed by atoms with van der Waals surface area (Å²) in [7, 11) is -6.09. The highest BCUT2D eigenvalue weighted by Gasteiger charge is 2.06. The van der Waals surface area contributed by atoms with Gasteiger partial charge in [0.05, 0.1) is 11.5 Å². The van der Waals surface area contributed by atoms with Crippen LogP contribution < -0.4 is 0 Å². The lowest BCUT2D eigenvalue weighted by Crippen LogP contribution is -2.02. The molecule has 0 saturated carbocycles. The Balaban J connectivity index is 2.84. The molecule has 0 radical (unpaired) electrons. The van der Waals surface area contributed by atoms with Gasteiger partial charge in [0, 0.05) is 12.5 Å². The molecule has 0 atom stereocenters. The molecule has 6 heteroatoms. The molecule has 0 bridgehead atoms. The number of benzene rings is 1. The Hall–Kier alpha value is -0.880. The third-order valence-corrected chi connectivity index (χ3v) is 3.60. The Labute approximate surface area is 96.1 Å². The number of hydrogen-bond donors (Lipinski definition) is 0. The summed E-state index contributed by atoms with van der Waals surface area (Å²) in [5, 5.41) is 0. The van der Waals surface area contributed by atoms with Gasteiger partial charge in [-0.15, -0.1) is 0 Å². The van der Waals surface area contributed by atoms with Crippen LogP contribution in [-0.2, 0) is 31.2 Å². The highest BCUT2D eigenvalue weighted by molar-refractivity contribution is 7.90. The summed E-state index contributed by atoms with van der Waals surface area (Å²) in [6.45, 7) is 0. The summed E-state index contributed by atoms with van der Waals surface area (Å²) < 4.78 is 44.1. The number of rotatable bonds is 4. The molecule has 16 heavy (non-hydrogen) atoms. The van der Waals surface area contributed by atoms with Crippen molar-refractivity contribution in [1.29, 1.82) is 0 Å². The van der Waals surface area contributed by atoms with Crippen molar-refractivity contribution in [2.45, 2.75) is 11.5 Å². The molecule has 0 spiro atoms. The lowest BCUT2D eigenvalue weighted by Gasteiger charge is -2.02. The van der Waals surface area contributed by atoms with E-state index in [9.17, 15) is 16.8 Å². The minimum absolute atomic E-state index is 0.0217. The maximum atomic E-state index is 11.0. The molecule has 1 aromatic carbocycles. The van der Waals surface area contributed by atoms with E-state index in [0.29, 0.717) is 11.1 Å². The van der Waals surface area contributed by atoms with Crippen LogP contribution >= 0.6 is 0 Å². The van der Waals surface area contributed by atoms with Crippen LogP contribution in [0.25, 0.3) is 0 Å². The highest BCUT2D eigenvalue weighted by atomic mass is 32.2. The second-order valence-corrected chi connectivity index (χ2v) is 8.24. The normalized spacial score (nSPS) is 12.6. The Morgan fingerprint density at radius 2 is 1.00 bits per heavy atom. The fourth-order valence-corrected chi connectivity index (χ4v) is 2.93. The molecule has 0 aromatic heterocycles. The largest absolute Gasteiger partial charge is 0.229 e. The van der Waals surface area contributed by atoms with E-state index >= 15 is 0 Å². The van der Waals surface area contributed by atoms with Crippen LogP contribution in [0, 0.1) is 0 Å². The van der Waals surface area contributed by atoms with Crippen LogP contribution in [0.15, 0.2) is 24.3 Å². The molecule has 0 fully saturated rings. The second-order valence-electron chi connectivity index (χ2n) is 3.96. The fourth-order valence-electron chi connectivity index (χ4n) is 1.34. The van der Waals surface area contributed by atoms with Gasteiger partial charge in [-0.05, 0) is 11.1 Å². The second kappa shape index (κ2) is 4.55. The zero-order chi connectivity index (χ0) is 12.4. The van der Waals surface area contributed by atoms with E-state index in [-0.39, 0.29) is 11.5 Å². The Bertz CT molecular complexity index is 500. The Morgan fingerprint density at radius 3 is 1.19 bits per heavy atom. The molecule has 1 rings (SSSR count). The van der Waals surface area contributed by atoms with Crippen molar-refractivity contribution in [2.24, 2.45) is 0 Å². The van der Waals surface area contributed by atoms with Crippen molar-refractivity contribution in [3.8, 4) is 0 Å². The maximum Gasteiger partial charge on any atom is 0.151 e. The van der Waals surface area contributed by atoms with Gasteiger partial charge < -0.3 is 0 Å². The van der Waals surface area contributed by atoms with Crippen LogP contribution in [0.3, 0.4) is 0 Å². The van der Waals surface area contributed by atoms with Gasteiger partial charge >= 0.3 is 0 Å². The van der Waals surface area contributed by atoms with Crippen molar-refractivity contribution in [1.82, 2.24) is 0 Å². The van der Waals surface area contributed by atoms with E-state index < -0.39 is 19.7 Å². The SMILES string of the molecule is CS(=O)(=O)Cc1ccc(CS(C)(=O)=O)cc1. The van der Waals surface area contributed by atoms with E-state index in [4.69, 9.17) is 0 Å². The molecular formula is C10H14O4S2. The first kappa shape index (κ1) is 13.2. The van der Waals surface area contributed by atoms with Crippen LogP contribution in [0.1, 0.15) is 11.1 Å². The standard InChI is InChI=1S/C10H14O4S2/c1-15(11,12)7-9-3-5-10(6-4-9)8-16(2,13)14/h3-6H,7-8H2,1-2H3. The lowest BCUT2D eigenvalue weighted by atomic mass is 10.2. The average Bonchev–Trinajstić information content (AvgIpc) is 2.03. The van der Waals surface area contributed by atoms with Crippen molar-refractivity contribution in [3.63, 3.8) is 0 Å². The van der Waals surface area contributed by atoms with Gasteiger partial charge in [-0.2, -0.15) is 0 Å². The summed E-state index contributed by atoms with van der Waals surface area (Å²) in [5.41, 5.74) is 1.33. The number of sulfone groups is 2. The molecule has 0 amide bonds. The predicted molar refractivity (Wildman–Crippen MR) is 63.5 cm³/mol. The summed E-state index contributed by atoms with van der Waals surface area (Å²) >= 11 is 0. The van der Waals surface area contributed by atoms with Crippen LogP contribution in [0.2, 0.25) is 0 Å². The minimum Gasteiger partial charge on any atom is -0.229 e. The first-order valence-electron chi connectivity index (χ1n) is 4.59. The van der Waals surface area contributed by atoms with Gasteiger partial charge in [0.2, 0.25) is 0 Å². The van der Waals surface area contributed by atoms with E-state index in [1.165, 1.54) is 0 Å². The van der Waals surface area contributed by atoms with E-state index in [1.807, 2.05) is 0 Å². The van der Waals surface area contributed by atoms with Crippen molar-refractivity contribution in [2.75, 3.05) is 12.5 Å². The average molecular weight is 262 g/mol. The summed E-state index contributed by atoms with van der Waals surface area (Å²) in [4.78, 5) is 0. The van der Waals surface area contributed by atoms with Gasteiger partial charge in [-0.25, -0.2) is 16.8 Å². The number of hydrogen-bond acceptors (Lipinski definition) is 4. The molecule has 0 aliphatic carbocycles. The zero-order valence-corrected chi connectivity index (χ0v) is 10.8. The molecule has 90 valence electrons. The van der Waals surface area contributed by atoms with Gasteiger partial charge in [-0.3, -0.25) is 0 Å². The monoisotopic (exact) mass is 262 g/mol. The third kappa shape index (κ3) is 5.27. The summed E-state index contributed by atoms with van der Waals surface area (Å²) in [5.74, 6) is -0.0433. The van der Waals surface area contributed by atoms with E-state index in [2.05, 4.69) is 0 Å². The Kier molecular flexibility index (Phi) is 3.75. The van der Waals surface area contributed by atoms with Gasteiger partial charge in [0.1, 0.15) is 0 Å². The topological polar surface area (TPSA) is 68.3 Å². The minimum atomic E-state index is -3.04. The van der Waals surface area contributed by atoms with Crippen molar-refractivity contribution >= 4 is 19.7 Å². The molecular weight excluding hydrogens is 248 g/mol. The molecule has 0 N–H and O–H groups in total. The molecule has 4 nitrogen and oxygen atoms in total. The first-order valence-corrected chi connectivity index (χ1v) is 8.71. The highest BCUT2D eigenvalue weighted by Crippen LogP contribution is 2.10. The smallest absolute Gasteiger partial charge is 0.151 e. The van der Waals surface area contributed by atoms with Gasteiger partial charge in [0.25, 0.3) is 0 Å². The molecule has 0 heterocycles. The lowest BCUT2D eigenvalue weighted by molar-refractivity contribution is 0.599. The fraction of sp³-hybridized carbons (Fsp3) is 0.400. The maximum absolute atomic E-state index is 11.0. The zero-order valence-electron chi connectivity index (χ0n) is 9.17. The van der Waals surface area contributed by atoms with E-state index in [0.717, 1.165) is 12.5 Å². The molecule has 0 saturated heterocycles. The van der Waals surface area contributed by atoms with E-state index in [1.54, 1.807) is 24.3 Å². The molecule has 0 aliphatic heterocycles. The van der Waals surface area contributed by atoms with Gasteiger partial charge in [0.15, 0.2) is 19.7 Å². The first-order chi connectivity index (χ1) is 7.16. The van der Waals surface area contributed by atoms with Crippen LogP contribution in [0.4, 0.5) is 0 Å². The van der Waals surface area contributed by atoms with Gasteiger partial charge in [-0.1, -0.05) is 24.3 Å². The van der Waals surface area contributed by atoms with Crippen LogP contribution in [0.5, 0.6) is 0 Å². The summed E-state index contributed by atoms with van der Waals surface area (Å²) in [6.07, 6.45) is 2.33. The van der Waals surface area contributed by atoms with Crippen molar-refractivity contribution in [3.05, 3.63) is 35.4 Å². The molecule has 1 aromatic rings. The molecule has 0 unspecified atom stereocenters. The quantitative estimate of drug-likeness (QED) is 0.804. The third-order valence-electron chi connectivity index (χ3n) is 1.88. The Morgan fingerprint density at radius 1 is 0.750 bits per heavy atom. The predicted octanol–water partition coefficient (Wildman–Crippen LogP) is 0.776.